The van der Waals surface area contributed by atoms with E-state index in [0.717, 1.165) is 36.2 Å². The molecular formula is C27H26N4O. The average molecular weight is 423 g/mol. The van der Waals surface area contributed by atoms with Crippen molar-refractivity contribution in [3.05, 3.63) is 100 Å². The SMILES string of the molecule is [C-]#[N+]C1=C(O)[C@H](C)[C@H]2CCc3c(Cc4ccccc4)nc(-c4ccncc4)nc3[C@]2(C)C1. The molecular weight excluding hydrogens is 396 g/mol. The Hall–Kier alpha value is -3.52. The number of aromatic nitrogens is 3. The third-order valence-corrected chi connectivity index (χ3v) is 7.31. The Balaban J connectivity index is 1.71. The highest BCUT2D eigenvalue weighted by molar-refractivity contribution is 5.56. The number of hydrogen-bond acceptors (Lipinski definition) is 4. The standard InChI is InChI=1S/C27H26N4O/c1-17-21-10-9-20-22(15-18-7-5-4-6-8-18)30-26(19-11-13-29-14-12-19)31-25(20)27(21,2)16-23(28-3)24(17)32/h4-8,11-14,17,21,32H,9-10,15-16H2,1-2H3/t17-,21-,27-/m1/s1. The molecule has 2 heterocycles. The summed E-state index contributed by atoms with van der Waals surface area (Å²) in [5.74, 6) is 1.15. The van der Waals surface area contributed by atoms with E-state index in [-0.39, 0.29) is 23.0 Å². The Labute approximate surface area is 188 Å². The number of fused-ring (bicyclic) bond motifs is 3. The van der Waals surface area contributed by atoms with Gasteiger partial charge in [-0.3, -0.25) is 4.98 Å². The first-order valence-electron chi connectivity index (χ1n) is 11.2. The number of pyridine rings is 1. The molecule has 0 aliphatic heterocycles. The van der Waals surface area contributed by atoms with E-state index in [1.165, 1.54) is 11.1 Å². The van der Waals surface area contributed by atoms with Crippen molar-refractivity contribution < 1.29 is 5.11 Å². The minimum absolute atomic E-state index is 0.0529. The summed E-state index contributed by atoms with van der Waals surface area (Å²) in [5, 5.41) is 10.6. The Morgan fingerprint density at radius 2 is 1.88 bits per heavy atom. The number of aliphatic hydroxyl groups excluding tert-OH is 1. The van der Waals surface area contributed by atoms with Gasteiger partial charge in [0.15, 0.2) is 5.82 Å². The van der Waals surface area contributed by atoms with Crippen LogP contribution in [-0.2, 0) is 18.3 Å². The van der Waals surface area contributed by atoms with E-state index >= 15 is 0 Å². The first kappa shape index (κ1) is 20.4. The van der Waals surface area contributed by atoms with Crippen molar-refractivity contribution in [2.24, 2.45) is 11.8 Å². The third kappa shape index (κ3) is 3.27. The fourth-order valence-electron chi connectivity index (χ4n) is 5.63. The molecule has 1 aromatic carbocycles. The van der Waals surface area contributed by atoms with Crippen LogP contribution in [0.3, 0.4) is 0 Å². The smallest absolute Gasteiger partial charge is 0.203 e. The zero-order chi connectivity index (χ0) is 22.3. The van der Waals surface area contributed by atoms with Gasteiger partial charge in [0.05, 0.1) is 23.7 Å². The van der Waals surface area contributed by atoms with Crippen LogP contribution in [0.2, 0.25) is 0 Å². The lowest BCUT2D eigenvalue weighted by molar-refractivity contribution is 0.134. The Bertz CT molecular complexity index is 1230. The van der Waals surface area contributed by atoms with Crippen molar-refractivity contribution in [1.29, 1.82) is 0 Å². The highest BCUT2D eigenvalue weighted by Crippen LogP contribution is 2.53. The van der Waals surface area contributed by atoms with Crippen molar-refractivity contribution in [3.63, 3.8) is 0 Å². The van der Waals surface area contributed by atoms with Crippen LogP contribution >= 0.6 is 0 Å². The van der Waals surface area contributed by atoms with Gasteiger partial charge in [0.25, 0.3) is 0 Å². The van der Waals surface area contributed by atoms with Crippen LogP contribution in [0.4, 0.5) is 0 Å². The fourth-order valence-corrected chi connectivity index (χ4v) is 5.63. The second kappa shape index (κ2) is 7.87. The average Bonchev–Trinajstić information content (AvgIpc) is 2.83. The minimum Gasteiger partial charge on any atom is -0.523 e. The van der Waals surface area contributed by atoms with Gasteiger partial charge in [-0.15, -0.1) is 0 Å². The summed E-state index contributed by atoms with van der Waals surface area (Å²) < 4.78 is 0. The summed E-state index contributed by atoms with van der Waals surface area (Å²) in [6.45, 7) is 11.9. The van der Waals surface area contributed by atoms with Gasteiger partial charge in [-0.05, 0) is 48.4 Å². The molecule has 0 spiro atoms. The normalized spacial score (nSPS) is 24.4. The zero-order valence-corrected chi connectivity index (χ0v) is 18.4. The molecule has 5 nitrogen and oxygen atoms in total. The Morgan fingerprint density at radius 1 is 1.12 bits per heavy atom. The molecule has 160 valence electrons. The highest BCUT2D eigenvalue weighted by atomic mass is 16.3. The monoisotopic (exact) mass is 422 g/mol. The van der Waals surface area contributed by atoms with Gasteiger partial charge in [-0.25, -0.2) is 14.8 Å². The van der Waals surface area contributed by atoms with Gasteiger partial charge < -0.3 is 5.11 Å². The maximum Gasteiger partial charge on any atom is 0.203 e. The van der Waals surface area contributed by atoms with Gasteiger partial charge in [0.2, 0.25) is 5.70 Å². The summed E-state index contributed by atoms with van der Waals surface area (Å²) in [4.78, 5) is 18.0. The summed E-state index contributed by atoms with van der Waals surface area (Å²) in [6.07, 6.45) is 6.64. The summed E-state index contributed by atoms with van der Waals surface area (Å²) >= 11 is 0. The molecule has 0 saturated heterocycles. The second-order valence-electron chi connectivity index (χ2n) is 9.19. The Kier molecular flexibility index (Phi) is 5.01. The van der Waals surface area contributed by atoms with Crippen LogP contribution in [0.25, 0.3) is 16.2 Å². The largest absolute Gasteiger partial charge is 0.523 e. The van der Waals surface area contributed by atoms with Crippen molar-refractivity contribution in [3.8, 4) is 11.4 Å². The molecule has 3 atom stereocenters. The first-order chi connectivity index (χ1) is 15.5. The fraction of sp³-hybridized carbons (Fsp3) is 0.333. The highest BCUT2D eigenvalue weighted by Gasteiger charge is 2.50. The van der Waals surface area contributed by atoms with Crippen LogP contribution in [0, 0.1) is 18.4 Å². The van der Waals surface area contributed by atoms with Crippen molar-refractivity contribution in [2.75, 3.05) is 0 Å². The van der Waals surface area contributed by atoms with E-state index < -0.39 is 0 Å². The number of allylic oxidation sites excluding steroid dienone is 2. The van der Waals surface area contributed by atoms with Crippen LogP contribution in [-0.4, -0.2) is 20.1 Å². The first-order valence-corrected chi connectivity index (χ1v) is 11.2. The van der Waals surface area contributed by atoms with Gasteiger partial charge in [-0.2, -0.15) is 0 Å². The lowest BCUT2D eigenvalue weighted by Crippen LogP contribution is -2.45. The van der Waals surface area contributed by atoms with Crippen LogP contribution in [0.1, 0.15) is 49.2 Å². The molecule has 32 heavy (non-hydrogen) atoms. The topological polar surface area (TPSA) is 63.3 Å². The molecule has 2 aromatic heterocycles. The van der Waals surface area contributed by atoms with Crippen LogP contribution in [0.15, 0.2) is 66.3 Å². The van der Waals surface area contributed by atoms with E-state index in [4.69, 9.17) is 16.5 Å². The second-order valence-corrected chi connectivity index (χ2v) is 9.19. The lowest BCUT2D eigenvalue weighted by atomic mass is 9.57. The molecule has 0 radical (unpaired) electrons. The maximum absolute atomic E-state index is 10.6. The van der Waals surface area contributed by atoms with Gasteiger partial charge >= 0.3 is 0 Å². The summed E-state index contributed by atoms with van der Waals surface area (Å²) in [6, 6.07) is 14.3. The quantitative estimate of drug-likeness (QED) is 0.552. The summed E-state index contributed by atoms with van der Waals surface area (Å²) in [5.41, 5.74) is 5.63. The molecule has 5 heteroatoms. The molecule has 3 aromatic rings. The van der Waals surface area contributed by atoms with Crippen molar-refractivity contribution in [2.45, 2.75) is 44.9 Å². The molecule has 0 bridgehead atoms. The molecule has 2 aliphatic carbocycles. The molecule has 0 amide bonds. The molecule has 5 rings (SSSR count). The lowest BCUT2D eigenvalue weighted by Gasteiger charge is -2.48. The molecule has 2 aliphatic rings. The van der Waals surface area contributed by atoms with Crippen molar-refractivity contribution in [1.82, 2.24) is 15.0 Å². The minimum atomic E-state index is -0.310. The van der Waals surface area contributed by atoms with Crippen molar-refractivity contribution >= 4 is 0 Å². The van der Waals surface area contributed by atoms with Gasteiger partial charge in [-0.1, -0.05) is 44.2 Å². The van der Waals surface area contributed by atoms with E-state index in [9.17, 15) is 5.11 Å². The zero-order valence-electron chi connectivity index (χ0n) is 18.4. The predicted molar refractivity (Wildman–Crippen MR) is 124 cm³/mol. The number of nitrogens with zero attached hydrogens (tertiary/aromatic N) is 4. The maximum atomic E-state index is 10.6. The van der Waals surface area contributed by atoms with Crippen LogP contribution < -0.4 is 0 Å². The number of benzene rings is 1. The molecule has 0 unspecified atom stereocenters. The molecule has 0 fully saturated rings. The number of aliphatic hydroxyl groups is 1. The van der Waals surface area contributed by atoms with Crippen LogP contribution in [0.5, 0.6) is 0 Å². The number of hydrogen-bond donors (Lipinski definition) is 1. The van der Waals surface area contributed by atoms with E-state index in [2.05, 4.69) is 41.0 Å². The summed E-state index contributed by atoms with van der Waals surface area (Å²) in [7, 11) is 0. The Morgan fingerprint density at radius 3 is 2.59 bits per heavy atom. The van der Waals surface area contributed by atoms with E-state index in [1.807, 2.05) is 25.1 Å². The number of rotatable bonds is 3. The van der Waals surface area contributed by atoms with E-state index in [1.54, 1.807) is 12.4 Å². The third-order valence-electron chi connectivity index (χ3n) is 7.31. The van der Waals surface area contributed by atoms with Gasteiger partial charge in [0.1, 0.15) is 0 Å². The van der Waals surface area contributed by atoms with E-state index in [0.29, 0.717) is 17.9 Å². The van der Waals surface area contributed by atoms with Gasteiger partial charge in [0, 0.05) is 35.7 Å². The molecule has 1 N–H and O–H groups in total. The molecule has 0 saturated carbocycles. The predicted octanol–water partition coefficient (Wildman–Crippen LogP) is 5.68.